The van der Waals surface area contributed by atoms with Crippen molar-refractivity contribution < 1.29 is 13.9 Å². The van der Waals surface area contributed by atoms with Crippen LogP contribution in [0, 0.1) is 17.1 Å². The summed E-state index contributed by atoms with van der Waals surface area (Å²) in [6, 6.07) is 21.6. The Kier molecular flexibility index (Phi) is 6.11. The van der Waals surface area contributed by atoms with Crippen molar-refractivity contribution in [2.24, 2.45) is 5.10 Å². The lowest BCUT2D eigenvalue weighted by molar-refractivity contribution is 0.0955. The minimum absolute atomic E-state index is 0.280. The van der Waals surface area contributed by atoms with Gasteiger partial charge < -0.3 is 4.74 Å². The predicted octanol–water partition coefficient (Wildman–Crippen LogP) is 4.04. The molecule has 28 heavy (non-hydrogen) atoms. The second kappa shape index (κ2) is 9.10. The van der Waals surface area contributed by atoms with E-state index in [4.69, 9.17) is 10.00 Å². The maximum absolute atomic E-state index is 13.0. The van der Waals surface area contributed by atoms with E-state index in [0.717, 1.165) is 5.56 Å². The molecule has 138 valence electrons. The normalized spacial score (nSPS) is 10.4. The lowest BCUT2D eigenvalue weighted by atomic mass is 10.1. The minimum atomic E-state index is -0.384. The Morgan fingerprint density at radius 3 is 2.50 bits per heavy atom. The molecule has 0 saturated carbocycles. The van der Waals surface area contributed by atoms with Crippen LogP contribution >= 0.6 is 0 Å². The molecule has 0 heterocycles. The third-order valence-electron chi connectivity index (χ3n) is 3.87. The number of ether oxygens (including phenoxy) is 1. The second-order valence-corrected chi connectivity index (χ2v) is 5.84. The van der Waals surface area contributed by atoms with Crippen LogP contribution in [0.2, 0.25) is 0 Å². The van der Waals surface area contributed by atoms with Gasteiger partial charge in [0.25, 0.3) is 5.91 Å². The number of benzene rings is 3. The third-order valence-corrected chi connectivity index (χ3v) is 3.87. The van der Waals surface area contributed by atoms with Crippen LogP contribution in [-0.2, 0) is 6.61 Å². The van der Waals surface area contributed by atoms with E-state index in [1.54, 1.807) is 48.5 Å². The van der Waals surface area contributed by atoms with Gasteiger partial charge in [-0.2, -0.15) is 10.4 Å². The quantitative estimate of drug-likeness (QED) is 0.523. The maximum Gasteiger partial charge on any atom is 0.271 e. The van der Waals surface area contributed by atoms with Gasteiger partial charge in [0.1, 0.15) is 18.2 Å². The third kappa shape index (κ3) is 5.02. The zero-order chi connectivity index (χ0) is 19.8. The highest BCUT2D eigenvalue weighted by Gasteiger charge is 2.05. The first-order chi connectivity index (χ1) is 13.7. The van der Waals surface area contributed by atoms with Crippen LogP contribution in [0.3, 0.4) is 0 Å². The first-order valence-corrected chi connectivity index (χ1v) is 8.45. The van der Waals surface area contributed by atoms with E-state index < -0.39 is 0 Å². The summed E-state index contributed by atoms with van der Waals surface area (Å²) in [5.41, 5.74) is 4.84. The summed E-state index contributed by atoms with van der Waals surface area (Å²) < 4.78 is 18.7. The van der Waals surface area contributed by atoms with Crippen molar-refractivity contribution in [3.63, 3.8) is 0 Å². The molecule has 0 aromatic heterocycles. The molecule has 3 rings (SSSR count). The van der Waals surface area contributed by atoms with Crippen LogP contribution in [0.25, 0.3) is 0 Å². The molecule has 0 saturated heterocycles. The Labute approximate surface area is 161 Å². The number of hydrogen-bond acceptors (Lipinski definition) is 4. The number of para-hydroxylation sites is 1. The molecule has 0 radical (unpaired) electrons. The van der Waals surface area contributed by atoms with Crippen LogP contribution in [0.15, 0.2) is 77.9 Å². The molecule has 0 bridgehead atoms. The van der Waals surface area contributed by atoms with Gasteiger partial charge in [-0.15, -0.1) is 0 Å². The molecular weight excluding hydrogens is 357 g/mol. The van der Waals surface area contributed by atoms with Crippen molar-refractivity contribution in [1.82, 2.24) is 5.43 Å². The largest absolute Gasteiger partial charge is 0.488 e. The summed E-state index contributed by atoms with van der Waals surface area (Å²) in [5.74, 6) is -0.0945. The fraction of sp³-hybridized carbons (Fsp3) is 0.0455. The summed E-state index contributed by atoms with van der Waals surface area (Å²) in [4.78, 5) is 12.1. The molecule has 6 heteroatoms. The van der Waals surface area contributed by atoms with Crippen molar-refractivity contribution in [2.45, 2.75) is 6.61 Å². The van der Waals surface area contributed by atoms with E-state index in [9.17, 15) is 9.18 Å². The Morgan fingerprint density at radius 1 is 1.07 bits per heavy atom. The van der Waals surface area contributed by atoms with E-state index >= 15 is 0 Å². The fourth-order valence-electron chi connectivity index (χ4n) is 2.38. The number of nitrogens with one attached hydrogen (secondary N) is 1. The highest BCUT2D eigenvalue weighted by molar-refractivity contribution is 5.95. The number of nitriles is 1. The summed E-state index contributed by atoms with van der Waals surface area (Å²) in [5, 5.41) is 12.8. The second-order valence-electron chi connectivity index (χ2n) is 5.84. The van der Waals surface area contributed by atoms with Gasteiger partial charge in [0, 0.05) is 11.1 Å². The molecular formula is C22H16FN3O2. The molecule has 0 spiro atoms. The van der Waals surface area contributed by atoms with Crippen molar-refractivity contribution in [3.05, 3.63) is 101 Å². The SMILES string of the molecule is N#Cc1ccc(C(=O)N/N=C\c2ccccc2OCc2ccc(F)cc2)cc1. The lowest BCUT2D eigenvalue weighted by Gasteiger charge is -2.09. The highest BCUT2D eigenvalue weighted by atomic mass is 19.1. The predicted molar refractivity (Wildman–Crippen MR) is 103 cm³/mol. The van der Waals surface area contributed by atoms with Gasteiger partial charge >= 0.3 is 0 Å². The van der Waals surface area contributed by atoms with Crippen LogP contribution in [-0.4, -0.2) is 12.1 Å². The maximum atomic E-state index is 13.0. The van der Waals surface area contributed by atoms with Crippen molar-refractivity contribution in [3.8, 4) is 11.8 Å². The van der Waals surface area contributed by atoms with E-state index in [-0.39, 0.29) is 18.3 Å². The van der Waals surface area contributed by atoms with Crippen LogP contribution in [0.1, 0.15) is 27.0 Å². The number of rotatable bonds is 6. The van der Waals surface area contributed by atoms with Gasteiger partial charge in [0.05, 0.1) is 17.8 Å². The Bertz CT molecular complexity index is 1020. The van der Waals surface area contributed by atoms with Crippen molar-refractivity contribution >= 4 is 12.1 Å². The first kappa shape index (κ1) is 18.8. The Morgan fingerprint density at radius 2 is 1.79 bits per heavy atom. The van der Waals surface area contributed by atoms with Gasteiger partial charge in [-0.25, -0.2) is 9.82 Å². The molecule has 0 aliphatic rings. The van der Waals surface area contributed by atoms with Gasteiger partial charge in [-0.05, 0) is 54.1 Å². The van der Waals surface area contributed by atoms with Gasteiger partial charge in [-0.1, -0.05) is 24.3 Å². The number of nitrogens with zero attached hydrogens (tertiary/aromatic N) is 2. The number of hydrogen-bond donors (Lipinski definition) is 1. The summed E-state index contributed by atoms with van der Waals surface area (Å²) >= 11 is 0. The van der Waals surface area contributed by atoms with Gasteiger partial charge in [-0.3, -0.25) is 4.79 Å². The van der Waals surface area contributed by atoms with E-state index in [0.29, 0.717) is 22.4 Å². The summed E-state index contributed by atoms with van der Waals surface area (Å²) in [6.07, 6.45) is 1.49. The van der Waals surface area contributed by atoms with Gasteiger partial charge in [0.2, 0.25) is 0 Å². The Balaban J connectivity index is 1.62. The van der Waals surface area contributed by atoms with Crippen molar-refractivity contribution in [2.75, 3.05) is 0 Å². The molecule has 0 aliphatic carbocycles. The zero-order valence-corrected chi connectivity index (χ0v) is 14.8. The van der Waals surface area contributed by atoms with E-state index in [2.05, 4.69) is 10.5 Å². The van der Waals surface area contributed by atoms with E-state index in [1.807, 2.05) is 18.2 Å². The lowest BCUT2D eigenvalue weighted by Crippen LogP contribution is -2.17. The van der Waals surface area contributed by atoms with E-state index in [1.165, 1.54) is 18.3 Å². The molecule has 1 N–H and O–H groups in total. The number of hydrazone groups is 1. The fourth-order valence-corrected chi connectivity index (χ4v) is 2.38. The molecule has 3 aromatic rings. The number of carbonyl (C=O) groups is 1. The molecule has 0 atom stereocenters. The molecule has 0 aliphatic heterocycles. The van der Waals surface area contributed by atoms with Gasteiger partial charge in [0.15, 0.2) is 0 Å². The molecule has 0 fully saturated rings. The average Bonchev–Trinajstić information content (AvgIpc) is 2.74. The first-order valence-electron chi connectivity index (χ1n) is 8.45. The van der Waals surface area contributed by atoms with Crippen LogP contribution in [0.5, 0.6) is 5.75 Å². The number of amides is 1. The number of carbonyl (C=O) groups excluding carboxylic acids is 1. The summed E-state index contributed by atoms with van der Waals surface area (Å²) in [6.45, 7) is 0.280. The van der Waals surface area contributed by atoms with Crippen molar-refractivity contribution in [1.29, 1.82) is 5.26 Å². The monoisotopic (exact) mass is 373 g/mol. The number of halogens is 1. The smallest absolute Gasteiger partial charge is 0.271 e. The molecule has 3 aromatic carbocycles. The highest BCUT2D eigenvalue weighted by Crippen LogP contribution is 2.17. The molecule has 5 nitrogen and oxygen atoms in total. The zero-order valence-electron chi connectivity index (χ0n) is 14.8. The van der Waals surface area contributed by atoms with Crippen LogP contribution < -0.4 is 10.2 Å². The topological polar surface area (TPSA) is 74.5 Å². The van der Waals surface area contributed by atoms with Crippen LogP contribution in [0.4, 0.5) is 4.39 Å². The standard InChI is InChI=1S/C22H16FN3O2/c23-20-11-7-17(8-12-20)15-28-21-4-2-1-3-19(21)14-25-26-22(27)18-9-5-16(13-24)6-10-18/h1-12,14H,15H2,(H,26,27)/b25-14-. The minimum Gasteiger partial charge on any atom is -0.488 e. The Hall–Kier alpha value is -3.98. The average molecular weight is 373 g/mol. The molecule has 1 amide bonds. The summed E-state index contributed by atoms with van der Waals surface area (Å²) in [7, 11) is 0. The molecule has 0 unspecified atom stereocenters.